The lowest BCUT2D eigenvalue weighted by Crippen LogP contribution is -2.15. The lowest BCUT2D eigenvalue weighted by Gasteiger charge is -2.26. The van der Waals surface area contributed by atoms with E-state index in [0.717, 1.165) is 159 Å². The summed E-state index contributed by atoms with van der Waals surface area (Å²) in [6.45, 7) is 0. The van der Waals surface area contributed by atoms with E-state index in [0.29, 0.717) is 17.7 Å². The van der Waals surface area contributed by atoms with Crippen LogP contribution < -0.4 is 0 Å². The molecule has 8 aromatic heterocycles. The van der Waals surface area contributed by atoms with Gasteiger partial charge in [0.05, 0.1) is 94.3 Å². The third-order valence-electron chi connectivity index (χ3n) is 19.4. The summed E-state index contributed by atoms with van der Waals surface area (Å²) >= 11 is 0. The minimum atomic E-state index is 0.492. The van der Waals surface area contributed by atoms with Crippen LogP contribution in [0.1, 0.15) is 0 Å². The van der Waals surface area contributed by atoms with Gasteiger partial charge in [0.25, 0.3) is 0 Å². The number of para-hydroxylation sites is 12. The second-order valence-corrected chi connectivity index (χ2v) is 23.8. The molecule has 0 fully saturated rings. The molecule has 9 heteroatoms. The maximum atomic E-state index is 6.18. The second kappa shape index (κ2) is 17.7. The van der Waals surface area contributed by atoms with Crippen LogP contribution in [-0.4, -0.2) is 42.2 Å². The molecule has 90 heavy (non-hydrogen) atoms. The maximum Gasteiger partial charge on any atom is 0.240 e. The Bertz CT molecular complexity index is 6280. The van der Waals surface area contributed by atoms with E-state index in [1.54, 1.807) is 0 Å². The zero-order chi connectivity index (χ0) is 58.4. The summed E-state index contributed by atoms with van der Waals surface area (Å²) < 4.78 is 14.8. The fourth-order valence-corrected chi connectivity index (χ4v) is 15.9. The van der Waals surface area contributed by atoms with Crippen molar-refractivity contribution in [3.05, 3.63) is 285 Å². The van der Waals surface area contributed by atoms with Crippen molar-refractivity contribution in [3.63, 3.8) is 0 Å². The fraction of sp³-hybridized carbons (Fsp3) is 0. The summed E-state index contributed by atoms with van der Waals surface area (Å²) in [4.78, 5) is 18.2. The molecule has 0 N–H and O–H groups in total. The SMILES string of the molecule is c1ccc2c(c1)c1ccccc1n2-c1nc(-c2c(-n3c4ccccc4c4ccccc43)c(-n3c4ccccc4c4ccccc43)c3c4cccc5c6ccccc6n(c3c2-n2c3ccccc3c3ccccc32)c54)nc(-n2c3ccccc3c3ccccc32)n1. The molecule has 21 rings (SSSR count). The molecular weight excluding hydrogens is 1100 g/mol. The van der Waals surface area contributed by atoms with Crippen molar-refractivity contribution >= 4 is 147 Å². The average molecular weight is 1150 g/mol. The predicted molar refractivity (Wildman–Crippen MR) is 372 cm³/mol. The molecule has 21 aromatic rings. The molecular formula is C81H47N9. The standard InChI is InChI=1S/C81H47N9/c1-12-37-61-48(24-1)49-25-2-13-38-62(49)85(61)75-72-60-36-23-35-59-58-34-11-22-47-71(58)90(74(59)60)76(72)78(87-65-41-16-5-28-52(65)53-29-6-17-42-66(53)87)73(77(75)86-63-39-14-3-26-50(63)51-27-4-15-40-64(51)86)79-82-80(88-67-43-18-7-30-54(67)55-31-8-19-44-68(55)88)84-81(83-79)89-69-45-20-9-32-56(69)57-33-10-21-46-70(57)89/h1-47H. The Morgan fingerprint density at radius 1 is 0.189 bits per heavy atom. The minimum absolute atomic E-state index is 0.492. The van der Waals surface area contributed by atoms with Crippen molar-refractivity contribution in [1.82, 2.24) is 42.2 Å². The van der Waals surface area contributed by atoms with E-state index in [1.165, 1.54) is 10.8 Å². The Morgan fingerprint density at radius 3 is 0.789 bits per heavy atom. The zero-order valence-electron chi connectivity index (χ0n) is 48.2. The molecule has 0 radical (unpaired) electrons. The van der Waals surface area contributed by atoms with Gasteiger partial charge < -0.3 is 18.1 Å². The highest BCUT2D eigenvalue weighted by Crippen LogP contribution is 2.54. The lowest BCUT2D eigenvalue weighted by molar-refractivity contribution is 0.890. The molecule has 0 amide bonds. The Balaban J connectivity index is 1.11. The highest BCUT2D eigenvalue weighted by Gasteiger charge is 2.36. The van der Waals surface area contributed by atoms with Crippen molar-refractivity contribution in [2.24, 2.45) is 0 Å². The molecule has 0 bridgehead atoms. The number of hydrogen-bond acceptors (Lipinski definition) is 3. The summed E-state index contributed by atoms with van der Waals surface area (Å²) in [5.74, 6) is 1.49. The van der Waals surface area contributed by atoms with Crippen molar-refractivity contribution in [2.45, 2.75) is 0 Å². The second-order valence-electron chi connectivity index (χ2n) is 23.8. The number of nitrogens with zero attached hydrogens (tertiary/aromatic N) is 9. The number of aromatic nitrogens is 9. The number of benzene rings is 13. The first kappa shape index (κ1) is 47.9. The Labute approximate surface area is 511 Å². The number of fused-ring (bicyclic) bond motifs is 21. The average Bonchev–Trinajstić information content (AvgIpc) is 1.48. The minimum Gasteiger partial charge on any atom is -0.306 e. The van der Waals surface area contributed by atoms with E-state index in [4.69, 9.17) is 15.0 Å². The number of hydrogen-bond donors (Lipinski definition) is 0. The van der Waals surface area contributed by atoms with Crippen molar-refractivity contribution < 1.29 is 0 Å². The van der Waals surface area contributed by atoms with Gasteiger partial charge >= 0.3 is 0 Å². The van der Waals surface area contributed by atoms with Gasteiger partial charge in [0.15, 0.2) is 5.82 Å². The first-order valence-corrected chi connectivity index (χ1v) is 30.7. The van der Waals surface area contributed by atoms with Gasteiger partial charge in [-0.2, -0.15) is 15.0 Å². The molecule has 0 aliphatic heterocycles. The van der Waals surface area contributed by atoms with E-state index < -0.39 is 0 Å². The first-order chi connectivity index (χ1) is 44.7. The van der Waals surface area contributed by atoms with Gasteiger partial charge in [-0.15, -0.1) is 0 Å². The molecule has 0 saturated heterocycles. The van der Waals surface area contributed by atoms with E-state index in [9.17, 15) is 0 Å². The van der Waals surface area contributed by atoms with Crippen LogP contribution in [0.2, 0.25) is 0 Å². The van der Waals surface area contributed by atoms with Gasteiger partial charge in [0.1, 0.15) is 0 Å². The van der Waals surface area contributed by atoms with Gasteiger partial charge in [0.2, 0.25) is 11.9 Å². The highest BCUT2D eigenvalue weighted by atomic mass is 15.3. The van der Waals surface area contributed by atoms with Crippen LogP contribution in [0.3, 0.4) is 0 Å². The van der Waals surface area contributed by atoms with Crippen molar-refractivity contribution in [3.8, 4) is 40.3 Å². The Hall–Kier alpha value is -12.3. The quantitative estimate of drug-likeness (QED) is 0.167. The van der Waals surface area contributed by atoms with Crippen LogP contribution in [0.25, 0.3) is 187 Å². The maximum absolute atomic E-state index is 6.18. The summed E-state index contributed by atoms with van der Waals surface area (Å²) in [5.41, 5.74) is 17.3. The fourth-order valence-electron chi connectivity index (χ4n) is 15.9. The molecule has 0 aliphatic carbocycles. The van der Waals surface area contributed by atoms with E-state index in [2.05, 4.69) is 312 Å². The van der Waals surface area contributed by atoms with E-state index in [1.807, 2.05) is 0 Å². The Morgan fingerprint density at radius 2 is 0.444 bits per heavy atom. The topological polar surface area (TPSA) is 67.7 Å². The highest BCUT2D eigenvalue weighted by molar-refractivity contribution is 6.30. The monoisotopic (exact) mass is 1150 g/mol. The van der Waals surface area contributed by atoms with Gasteiger partial charge in [-0.3, -0.25) is 9.13 Å². The third kappa shape index (κ3) is 6.11. The first-order valence-electron chi connectivity index (χ1n) is 30.7. The van der Waals surface area contributed by atoms with Gasteiger partial charge in [-0.05, 0) is 66.7 Å². The molecule has 9 nitrogen and oxygen atoms in total. The van der Waals surface area contributed by atoms with E-state index >= 15 is 0 Å². The summed E-state index contributed by atoms with van der Waals surface area (Å²) in [5, 5.41) is 15.9. The largest absolute Gasteiger partial charge is 0.306 e. The summed E-state index contributed by atoms with van der Waals surface area (Å²) in [7, 11) is 0. The molecule has 0 atom stereocenters. The predicted octanol–water partition coefficient (Wildman–Crippen LogP) is 20.2. The Kier molecular flexibility index (Phi) is 9.39. The molecule has 0 unspecified atom stereocenters. The van der Waals surface area contributed by atoms with Crippen LogP contribution >= 0.6 is 0 Å². The molecule has 13 aromatic carbocycles. The zero-order valence-corrected chi connectivity index (χ0v) is 48.2. The molecule has 8 heterocycles. The van der Waals surface area contributed by atoms with Gasteiger partial charge in [-0.25, -0.2) is 0 Å². The van der Waals surface area contributed by atoms with Gasteiger partial charge in [-0.1, -0.05) is 218 Å². The van der Waals surface area contributed by atoms with Crippen molar-refractivity contribution in [2.75, 3.05) is 0 Å². The van der Waals surface area contributed by atoms with Crippen LogP contribution in [0.5, 0.6) is 0 Å². The molecule has 0 spiro atoms. The number of rotatable bonds is 6. The van der Waals surface area contributed by atoms with Crippen LogP contribution in [0.4, 0.5) is 0 Å². The normalized spacial score (nSPS) is 12.4. The molecule has 0 saturated carbocycles. The van der Waals surface area contributed by atoms with E-state index in [-0.39, 0.29) is 0 Å². The molecule has 416 valence electrons. The van der Waals surface area contributed by atoms with Gasteiger partial charge in [0, 0.05) is 75.4 Å². The van der Waals surface area contributed by atoms with Crippen LogP contribution in [-0.2, 0) is 0 Å². The third-order valence-corrected chi connectivity index (χ3v) is 19.4. The van der Waals surface area contributed by atoms with Crippen molar-refractivity contribution in [1.29, 1.82) is 0 Å². The van der Waals surface area contributed by atoms with Crippen LogP contribution in [0, 0.1) is 0 Å². The summed E-state index contributed by atoms with van der Waals surface area (Å²) in [6, 6.07) is 104. The van der Waals surface area contributed by atoms with Crippen LogP contribution in [0.15, 0.2) is 285 Å². The smallest absolute Gasteiger partial charge is 0.240 e. The summed E-state index contributed by atoms with van der Waals surface area (Å²) in [6.07, 6.45) is 0. The molecule has 0 aliphatic rings. The lowest BCUT2D eigenvalue weighted by atomic mass is 9.98.